The van der Waals surface area contributed by atoms with Crippen LogP contribution in [0.2, 0.25) is 0 Å². The third-order valence-corrected chi connectivity index (χ3v) is 6.18. The van der Waals surface area contributed by atoms with E-state index >= 15 is 0 Å². The molecule has 0 radical (unpaired) electrons. The molecule has 0 saturated carbocycles. The van der Waals surface area contributed by atoms with E-state index in [0.717, 1.165) is 42.1 Å². The van der Waals surface area contributed by atoms with Crippen molar-refractivity contribution in [3.05, 3.63) is 48.0 Å². The van der Waals surface area contributed by atoms with Gasteiger partial charge in [-0.2, -0.15) is 13.2 Å². The number of carbonyl (C=O) groups is 2. The van der Waals surface area contributed by atoms with Crippen LogP contribution in [0.4, 0.5) is 24.8 Å². The summed E-state index contributed by atoms with van der Waals surface area (Å²) in [6.07, 6.45) is -3.57. The monoisotopic (exact) mass is 489 g/mol. The smallest absolute Gasteiger partial charge is 0.416 e. The fraction of sp³-hybridized carbons (Fsp3) is 0.375. The summed E-state index contributed by atoms with van der Waals surface area (Å²) in [5.41, 5.74) is 1.35. The SMILES string of the molecule is CC(=O)N(C)C1CCN(c2nc3ccc(NC(=O)COc4ccc(C(F)(F)F)cc4)cc3n2C)C1. The van der Waals surface area contributed by atoms with Crippen LogP contribution in [-0.2, 0) is 22.8 Å². The predicted octanol–water partition coefficient (Wildman–Crippen LogP) is 3.67. The molecule has 1 aliphatic heterocycles. The number of imidazole rings is 1. The maximum atomic E-state index is 12.7. The largest absolute Gasteiger partial charge is 0.484 e. The van der Waals surface area contributed by atoms with Crippen LogP contribution in [0.25, 0.3) is 11.0 Å². The van der Waals surface area contributed by atoms with Crippen molar-refractivity contribution in [3.8, 4) is 5.75 Å². The first-order valence-electron chi connectivity index (χ1n) is 11.1. The van der Waals surface area contributed by atoms with Crippen LogP contribution in [0.1, 0.15) is 18.9 Å². The first-order valence-corrected chi connectivity index (χ1v) is 11.1. The average Bonchev–Trinajstić information content (AvgIpc) is 3.42. The Kier molecular flexibility index (Phi) is 6.60. The van der Waals surface area contributed by atoms with Gasteiger partial charge in [0.2, 0.25) is 11.9 Å². The second kappa shape index (κ2) is 9.47. The molecule has 2 aromatic carbocycles. The molecule has 0 bridgehead atoms. The van der Waals surface area contributed by atoms with Gasteiger partial charge in [0.05, 0.1) is 22.6 Å². The number of benzene rings is 2. The van der Waals surface area contributed by atoms with E-state index in [-0.39, 0.29) is 24.3 Å². The van der Waals surface area contributed by atoms with Crippen molar-refractivity contribution in [2.45, 2.75) is 25.6 Å². The van der Waals surface area contributed by atoms with Gasteiger partial charge in [-0.1, -0.05) is 0 Å². The number of nitrogens with one attached hydrogen (secondary N) is 1. The molecule has 35 heavy (non-hydrogen) atoms. The van der Waals surface area contributed by atoms with Gasteiger partial charge in [-0.15, -0.1) is 0 Å². The molecule has 1 aromatic heterocycles. The number of carbonyl (C=O) groups excluding carboxylic acids is 2. The molecule has 1 aliphatic rings. The molecule has 2 amide bonds. The number of ether oxygens (including phenoxy) is 1. The lowest BCUT2D eigenvalue weighted by atomic mass is 10.2. The number of hydrogen-bond acceptors (Lipinski definition) is 5. The molecule has 1 saturated heterocycles. The van der Waals surface area contributed by atoms with Crippen molar-refractivity contribution in [1.82, 2.24) is 14.5 Å². The number of halogens is 3. The number of alkyl halides is 3. The van der Waals surface area contributed by atoms with Crippen LogP contribution < -0.4 is 15.0 Å². The van der Waals surface area contributed by atoms with Crippen LogP contribution >= 0.6 is 0 Å². The second-order valence-electron chi connectivity index (χ2n) is 8.55. The quantitative estimate of drug-likeness (QED) is 0.572. The van der Waals surface area contributed by atoms with Crippen molar-refractivity contribution in [3.63, 3.8) is 0 Å². The Hall–Kier alpha value is -3.76. The van der Waals surface area contributed by atoms with Gasteiger partial charge in [-0.25, -0.2) is 4.98 Å². The lowest BCUT2D eigenvalue weighted by molar-refractivity contribution is -0.137. The Morgan fingerprint density at radius 3 is 2.57 bits per heavy atom. The Labute approximate surface area is 200 Å². The minimum absolute atomic E-state index is 0.0320. The van der Waals surface area contributed by atoms with Crippen LogP contribution in [-0.4, -0.2) is 59.1 Å². The highest BCUT2D eigenvalue weighted by molar-refractivity contribution is 5.94. The number of aromatic nitrogens is 2. The lowest BCUT2D eigenvalue weighted by Gasteiger charge is -2.23. The fourth-order valence-electron chi connectivity index (χ4n) is 4.12. The Morgan fingerprint density at radius 1 is 1.20 bits per heavy atom. The predicted molar refractivity (Wildman–Crippen MR) is 125 cm³/mol. The van der Waals surface area contributed by atoms with Crippen molar-refractivity contribution < 1.29 is 27.5 Å². The van der Waals surface area contributed by atoms with Crippen molar-refractivity contribution >= 4 is 34.5 Å². The van der Waals surface area contributed by atoms with Gasteiger partial charge in [-0.05, 0) is 48.9 Å². The topological polar surface area (TPSA) is 79.7 Å². The number of aryl methyl sites for hydroxylation is 1. The van der Waals surface area contributed by atoms with Crippen LogP contribution in [0.5, 0.6) is 5.75 Å². The number of hydrogen-bond donors (Lipinski definition) is 1. The Balaban J connectivity index is 1.39. The maximum Gasteiger partial charge on any atom is 0.416 e. The average molecular weight is 489 g/mol. The van der Waals surface area contributed by atoms with Crippen LogP contribution in [0, 0.1) is 0 Å². The summed E-state index contributed by atoms with van der Waals surface area (Å²) in [5, 5.41) is 2.74. The van der Waals surface area contributed by atoms with E-state index in [2.05, 4.69) is 10.2 Å². The number of nitrogens with zero attached hydrogens (tertiary/aromatic N) is 4. The molecule has 186 valence electrons. The summed E-state index contributed by atoms with van der Waals surface area (Å²) in [6.45, 7) is 2.68. The Bertz CT molecular complexity index is 1240. The molecule has 1 unspecified atom stereocenters. The summed E-state index contributed by atoms with van der Waals surface area (Å²) in [7, 11) is 3.70. The summed E-state index contributed by atoms with van der Waals surface area (Å²) >= 11 is 0. The molecule has 4 rings (SSSR count). The van der Waals surface area contributed by atoms with Crippen molar-refractivity contribution in [2.75, 3.05) is 37.0 Å². The number of rotatable bonds is 6. The highest BCUT2D eigenvalue weighted by atomic mass is 19.4. The lowest BCUT2D eigenvalue weighted by Crippen LogP contribution is -2.37. The zero-order valence-corrected chi connectivity index (χ0v) is 19.6. The van der Waals surface area contributed by atoms with Gasteiger partial charge < -0.3 is 24.4 Å². The van der Waals surface area contributed by atoms with E-state index in [1.807, 2.05) is 18.7 Å². The molecule has 11 heteroatoms. The third kappa shape index (κ3) is 5.33. The summed E-state index contributed by atoms with van der Waals surface area (Å²) < 4.78 is 45.2. The van der Waals surface area contributed by atoms with E-state index in [4.69, 9.17) is 9.72 Å². The molecule has 8 nitrogen and oxygen atoms in total. The minimum Gasteiger partial charge on any atom is -0.484 e. The highest BCUT2D eigenvalue weighted by Crippen LogP contribution is 2.30. The van der Waals surface area contributed by atoms with Gasteiger partial charge >= 0.3 is 6.18 Å². The zero-order valence-electron chi connectivity index (χ0n) is 19.6. The molecule has 3 aromatic rings. The maximum absolute atomic E-state index is 12.7. The van der Waals surface area contributed by atoms with Crippen LogP contribution in [0.15, 0.2) is 42.5 Å². The van der Waals surface area contributed by atoms with E-state index in [1.54, 1.807) is 30.0 Å². The molecule has 1 N–H and O–H groups in total. The fourth-order valence-corrected chi connectivity index (χ4v) is 4.12. The van der Waals surface area contributed by atoms with Crippen molar-refractivity contribution in [2.24, 2.45) is 7.05 Å². The molecular formula is C24H26F3N5O3. The molecule has 0 spiro atoms. The standard InChI is InChI=1S/C24H26F3N5O3/c1-15(33)30(2)18-10-11-32(13-18)23-29-20-9-6-17(12-21(20)31(23)3)28-22(34)14-35-19-7-4-16(5-8-19)24(25,26)27/h4-9,12,18H,10-11,13-14H2,1-3H3,(H,28,34). The normalized spacial score (nSPS) is 15.9. The third-order valence-electron chi connectivity index (χ3n) is 6.18. The molecule has 0 aliphatic carbocycles. The van der Waals surface area contributed by atoms with Gasteiger partial charge in [0.1, 0.15) is 5.75 Å². The van der Waals surface area contributed by atoms with Gasteiger partial charge in [-0.3, -0.25) is 9.59 Å². The number of amides is 2. The first-order chi connectivity index (χ1) is 16.5. The van der Waals surface area contributed by atoms with Gasteiger partial charge in [0.25, 0.3) is 5.91 Å². The highest BCUT2D eigenvalue weighted by Gasteiger charge is 2.30. The molecule has 1 atom stereocenters. The summed E-state index contributed by atoms with van der Waals surface area (Å²) in [4.78, 5) is 32.6. The molecule has 2 heterocycles. The van der Waals surface area contributed by atoms with E-state index in [9.17, 15) is 22.8 Å². The summed E-state index contributed by atoms with van der Waals surface area (Å²) in [5.74, 6) is 0.540. The summed E-state index contributed by atoms with van der Waals surface area (Å²) in [6, 6.07) is 9.63. The van der Waals surface area contributed by atoms with Gasteiger partial charge in [0.15, 0.2) is 6.61 Å². The zero-order chi connectivity index (χ0) is 25.3. The minimum atomic E-state index is -4.43. The molecular weight excluding hydrogens is 463 g/mol. The van der Waals surface area contributed by atoms with Crippen molar-refractivity contribution in [1.29, 1.82) is 0 Å². The molecule has 1 fully saturated rings. The van der Waals surface area contributed by atoms with Gasteiger partial charge in [0, 0.05) is 39.8 Å². The second-order valence-corrected chi connectivity index (χ2v) is 8.55. The number of anilines is 2. The first kappa shape index (κ1) is 24.4. The number of likely N-dealkylation sites (N-methyl/N-ethyl adjacent to an activating group) is 1. The van der Waals surface area contributed by atoms with E-state index in [0.29, 0.717) is 12.2 Å². The van der Waals surface area contributed by atoms with E-state index < -0.39 is 17.6 Å². The Morgan fingerprint density at radius 2 is 1.91 bits per heavy atom. The van der Waals surface area contributed by atoms with E-state index in [1.165, 1.54) is 12.1 Å². The van der Waals surface area contributed by atoms with Crippen LogP contribution in [0.3, 0.4) is 0 Å². The number of fused-ring (bicyclic) bond motifs is 1.